The van der Waals surface area contributed by atoms with E-state index in [0.29, 0.717) is 24.0 Å². The Labute approximate surface area is 154 Å². The number of pyridine rings is 1. The minimum atomic E-state index is -0.214. The van der Waals surface area contributed by atoms with Crippen LogP contribution < -0.4 is 15.4 Å². The van der Waals surface area contributed by atoms with Crippen LogP contribution in [0.1, 0.15) is 24.3 Å². The molecule has 0 saturated carbocycles. The van der Waals surface area contributed by atoms with Gasteiger partial charge in [0.1, 0.15) is 0 Å². The summed E-state index contributed by atoms with van der Waals surface area (Å²) in [4.78, 5) is 18.5. The first-order valence-electron chi connectivity index (χ1n) is 9.07. The van der Waals surface area contributed by atoms with Crippen molar-refractivity contribution in [2.45, 2.75) is 18.8 Å². The lowest BCUT2D eigenvalue weighted by Gasteiger charge is -2.33. The molecule has 1 aromatic heterocycles. The average molecular weight is 354 g/mol. The van der Waals surface area contributed by atoms with E-state index in [1.54, 1.807) is 25.4 Å². The first-order chi connectivity index (χ1) is 12.7. The molecule has 3 rings (SSSR count). The minimum Gasteiger partial charge on any atom is -0.481 e. The topological polar surface area (TPSA) is 66.5 Å². The number of piperidine rings is 1. The van der Waals surface area contributed by atoms with Crippen molar-refractivity contribution < 1.29 is 9.53 Å². The van der Waals surface area contributed by atoms with Crippen LogP contribution in [0.5, 0.6) is 5.88 Å². The van der Waals surface area contributed by atoms with Crippen molar-refractivity contribution in [1.82, 2.24) is 15.2 Å². The summed E-state index contributed by atoms with van der Waals surface area (Å²) in [6.07, 6.45) is 4.01. The molecule has 2 aromatic rings. The van der Waals surface area contributed by atoms with E-state index in [2.05, 4.69) is 50.8 Å². The average Bonchev–Trinajstić information content (AvgIpc) is 2.69. The van der Waals surface area contributed by atoms with Crippen molar-refractivity contribution in [3.63, 3.8) is 0 Å². The van der Waals surface area contributed by atoms with Gasteiger partial charge < -0.3 is 20.3 Å². The predicted octanol–water partition coefficient (Wildman–Crippen LogP) is 3.09. The molecule has 2 amide bonds. The van der Waals surface area contributed by atoms with Crippen molar-refractivity contribution in [1.29, 1.82) is 0 Å². The molecule has 0 radical (unpaired) electrons. The zero-order chi connectivity index (χ0) is 18.2. The van der Waals surface area contributed by atoms with E-state index in [4.69, 9.17) is 4.74 Å². The molecular formula is C20H26N4O2. The summed E-state index contributed by atoms with van der Waals surface area (Å²) < 4.78 is 5.00. The third kappa shape index (κ3) is 5.20. The molecule has 1 atom stereocenters. The van der Waals surface area contributed by atoms with Crippen molar-refractivity contribution in [2.75, 3.05) is 38.6 Å². The Bertz CT molecular complexity index is 691. The smallest absolute Gasteiger partial charge is 0.319 e. The van der Waals surface area contributed by atoms with E-state index in [9.17, 15) is 4.79 Å². The second kappa shape index (κ2) is 9.20. The maximum absolute atomic E-state index is 12.0. The van der Waals surface area contributed by atoms with Crippen molar-refractivity contribution in [3.05, 3.63) is 54.2 Å². The number of hydrogen-bond acceptors (Lipinski definition) is 4. The zero-order valence-electron chi connectivity index (χ0n) is 15.1. The maximum Gasteiger partial charge on any atom is 0.319 e. The fourth-order valence-electron chi connectivity index (χ4n) is 3.33. The number of likely N-dealkylation sites (tertiary alicyclic amines) is 1. The lowest BCUT2D eigenvalue weighted by atomic mass is 9.91. The van der Waals surface area contributed by atoms with Crippen molar-refractivity contribution >= 4 is 11.7 Å². The van der Waals surface area contributed by atoms with E-state index in [0.717, 1.165) is 19.6 Å². The summed E-state index contributed by atoms with van der Waals surface area (Å²) >= 11 is 0. The molecule has 1 aliphatic heterocycles. The number of amides is 2. The number of hydrogen-bond donors (Lipinski definition) is 2. The standard InChI is InChI=1S/C20H26N4O2/c1-26-19-10-9-18(14-22-19)23-20(25)21-11-13-24-12-5-8-17(15-24)16-6-3-2-4-7-16/h2-4,6-7,9-10,14,17H,5,8,11-13,15H2,1H3,(H2,21,23,25). The Hall–Kier alpha value is -2.60. The maximum atomic E-state index is 12.0. The number of carbonyl (C=O) groups is 1. The lowest BCUT2D eigenvalue weighted by molar-refractivity contribution is 0.207. The molecule has 6 nitrogen and oxygen atoms in total. The zero-order valence-corrected chi connectivity index (χ0v) is 15.1. The largest absolute Gasteiger partial charge is 0.481 e. The Morgan fingerprint density at radius 2 is 2.12 bits per heavy atom. The minimum absolute atomic E-state index is 0.214. The monoisotopic (exact) mass is 354 g/mol. The molecule has 2 N–H and O–H groups in total. The molecule has 1 fully saturated rings. The number of urea groups is 1. The second-order valence-corrected chi connectivity index (χ2v) is 6.52. The number of nitrogens with zero attached hydrogens (tertiary/aromatic N) is 2. The van der Waals surface area contributed by atoms with Gasteiger partial charge in [-0.15, -0.1) is 0 Å². The van der Waals surface area contributed by atoms with Crippen molar-refractivity contribution in [3.8, 4) is 5.88 Å². The number of ether oxygens (including phenoxy) is 1. The molecule has 1 unspecified atom stereocenters. The van der Waals surface area contributed by atoms with Gasteiger partial charge in [0.05, 0.1) is 19.0 Å². The fourth-order valence-corrected chi connectivity index (χ4v) is 3.33. The predicted molar refractivity (Wildman–Crippen MR) is 103 cm³/mol. The van der Waals surface area contributed by atoms with Gasteiger partial charge in [-0.3, -0.25) is 0 Å². The first-order valence-corrected chi connectivity index (χ1v) is 9.07. The van der Waals surface area contributed by atoms with Gasteiger partial charge in [0, 0.05) is 25.7 Å². The number of methoxy groups -OCH3 is 1. The highest BCUT2D eigenvalue weighted by molar-refractivity contribution is 5.88. The SMILES string of the molecule is COc1ccc(NC(=O)NCCN2CCCC(c3ccccc3)C2)cn1. The molecule has 26 heavy (non-hydrogen) atoms. The lowest BCUT2D eigenvalue weighted by Crippen LogP contribution is -2.41. The number of carbonyl (C=O) groups excluding carboxylic acids is 1. The molecular weight excluding hydrogens is 328 g/mol. The van der Waals surface area contributed by atoms with E-state index >= 15 is 0 Å². The van der Waals surface area contributed by atoms with Gasteiger partial charge in [0.2, 0.25) is 5.88 Å². The number of anilines is 1. The van der Waals surface area contributed by atoms with E-state index in [-0.39, 0.29) is 6.03 Å². The highest BCUT2D eigenvalue weighted by atomic mass is 16.5. The second-order valence-electron chi connectivity index (χ2n) is 6.52. The molecule has 2 heterocycles. The third-order valence-electron chi connectivity index (χ3n) is 4.69. The van der Waals surface area contributed by atoms with Crippen LogP contribution in [0.25, 0.3) is 0 Å². The van der Waals surface area contributed by atoms with Crippen LogP contribution in [0.15, 0.2) is 48.7 Å². The summed E-state index contributed by atoms with van der Waals surface area (Å²) in [6.45, 7) is 3.62. The van der Waals surface area contributed by atoms with Crippen LogP contribution in [0, 0.1) is 0 Å². The number of benzene rings is 1. The van der Waals surface area contributed by atoms with E-state index in [1.165, 1.54) is 18.4 Å². The van der Waals surface area contributed by atoms with Crippen LogP contribution in [0.4, 0.5) is 10.5 Å². The molecule has 1 saturated heterocycles. The van der Waals surface area contributed by atoms with Gasteiger partial charge in [0.15, 0.2) is 0 Å². The summed E-state index contributed by atoms with van der Waals surface area (Å²) in [5.41, 5.74) is 2.06. The van der Waals surface area contributed by atoms with Crippen LogP contribution in [-0.4, -0.2) is 49.2 Å². The van der Waals surface area contributed by atoms with Gasteiger partial charge in [-0.2, -0.15) is 0 Å². The Morgan fingerprint density at radius 3 is 2.85 bits per heavy atom. The van der Waals surface area contributed by atoms with Crippen LogP contribution in [-0.2, 0) is 0 Å². The summed E-state index contributed by atoms with van der Waals surface area (Å²) in [5, 5.41) is 5.69. The fraction of sp³-hybridized carbons (Fsp3) is 0.400. The van der Waals surface area contributed by atoms with Gasteiger partial charge in [-0.05, 0) is 36.9 Å². The third-order valence-corrected chi connectivity index (χ3v) is 4.69. The van der Waals surface area contributed by atoms with E-state index in [1.807, 2.05) is 0 Å². The molecule has 1 aliphatic rings. The molecule has 0 aliphatic carbocycles. The summed E-state index contributed by atoms with van der Waals surface area (Å²) in [6, 6.07) is 14.0. The summed E-state index contributed by atoms with van der Waals surface area (Å²) in [5.74, 6) is 1.11. The van der Waals surface area contributed by atoms with Crippen LogP contribution in [0.3, 0.4) is 0 Å². The molecule has 1 aromatic carbocycles. The molecule has 6 heteroatoms. The van der Waals surface area contributed by atoms with Crippen LogP contribution in [0.2, 0.25) is 0 Å². The number of rotatable bonds is 6. The molecule has 0 spiro atoms. The van der Waals surface area contributed by atoms with Crippen molar-refractivity contribution in [2.24, 2.45) is 0 Å². The molecule has 0 bridgehead atoms. The van der Waals surface area contributed by atoms with E-state index < -0.39 is 0 Å². The Kier molecular flexibility index (Phi) is 6.44. The Morgan fingerprint density at radius 1 is 1.27 bits per heavy atom. The normalized spacial score (nSPS) is 17.5. The highest BCUT2D eigenvalue weighted by Crippen LogP contribution is 2.26. The number of aromatic nitrogens is 1. The quantitative estimate of drug-likeness (QED) is 0.837. The Balaban J connectivity index is 1.40. The number of nitrogens with one attached hydrogen (secondary N) is 2. The van der Waals surface area contributed by atoms with Crippen LogP contribution >= 0.6 is 0 Å². The van der Waals surface area contributed by atoms with Gasteiger partial charge in [-0.25, -0.2) is 9.78 Å². The van der Waals surface area contributed by atoms with Gasteiger partial charge in [0.25, 0.3) is 0 Å². The highest BCUT2D eigenvalue weighted by Gasteiger charge is 2.20. The first kappa shape index (κ1) is 18.2. The molecule has 138 valence electrons. The van der Waals surface area contributed by atoms with Gasteiger partial charge >= 0.3 is 6.03 Å². The van der Waals surface area contributed by atoms with Gasteiger partial charge in [-0.1, -0.05) is 30.3 Å². The summed E-state index contributed by atoms with van der Waals surface area (Å²) in [7, 11) is 1.56.